The zero-order chi connectivity index (χ0) is 24.2. The zero-order valence-corrected chi connectivity index (χ0v) is 22.5. The van der Waals surface area contributed by atoms with Crippen molar-refractivity contribution in [2.24, 2.45) is 5.92 Å². The van der Waals surface area contributed by atoms with Gasteiger partial charge in [0, 0.05) is 6.61 Å². The molecule has 33 heavy (non-hydrogen) atoms. The maximum Gasteiger partial charge on any atom is 0.306 e. The van der Waals surface area contributed by atoms with Crippen LogP contribution in [0.2, 0.25) is 0 Å². The first-order valence-electron chi connectivity index (χ1n) is 15.1. The van der Waals surface area contributed by atoms with E-state index in [0.29, 0.717) is 6.61 Å². The van der Waals surface area contributed by atoms with Gasteiger partial charge < -0.3 is 10.2 Å². The Kier molecular flexibility index (Phi) is 27.2. The van der Waals surface area contributed by atoms with Crippen molar-refractivity contribution in [1.82, 2.24) is 0 Å². The molecule has 198 valence electrons. The summed E-state index contributed by atoms with van der Waals surface area (Å²) in [5.41, 5.74) is 0. The zero-order valence-electron chi connectivity index (χ0n) is 22.5. The largest absolute Gasteiger partial charge is 0.481 e. The summed E-state index contributed by atoms with van der Waals surface area (Å²) in [4.78, 5) is 11.5. The minimum Gasteiger partial charge on any atom is -0.481 e. The number of aliphatic hydroxyl groups is 1. The van der Waals surface area contributed by atoms with Crippen molar-refractivity contribution < 1.29 is 15.0 Å². The van der Waals surface area contributed by atoms with E-state index in [9.17, 15) is 9.90 Å². The van der Waals surface area contributed by atoms with Crippen LogP contribution in [0.15, 0.2) is 0 Å². The van der Waals surface area contributed by atoms with E-state index < -0.39 is 5.97 Å². The molecule has 0 radical (unpaired) electrons. The quantitative estimate of drug-likeness (QED) is 0.112. The van der Waals surface area contributed by atoms with Crippen LogP contribution in [0, 0.1) is 5.92 Å². The van der Waals surface area contributed by atoms with Gasteiger partial charge >= 0.3 is 5.97 Å². The van der Waals surface area contributed by atoms with E-state index in [1.54, 1.807) is 0 Å². The lowest BCUT2D eigenvalue weighted by molar-refractivity contribution is -0.142. The molecule has 0 aliphatic rings. The molecule has 0 amide bonds. The first-order valence-corrected chi connectivity index (χ1v) is 15.1. The fraction of sp³-hybridized carbons (Fsp3) is 0.967. The number of carboxylic acid groups (broad SMARTS) is 1. The molecule has 0 saturated carbocycles. The fourth-order valence-electron chi connectivity index (χ4n) is 4.89. The number of hydrogen-bond donors (Lipinski definition) is 2. The molecule has 0 aliphatic heterocycles. The second kappa shape index (κ2) is 27.7. The number of rotatable bonds is 28. The third-order valence-corrected chi connectivity index (χ3v) is 7.22. The molecule has 0 aromatic heterocycles. The van der Waals surface area contributed by atoms with Crippen LogP contribution in [0.1, 0.15) is 174 Å². The van der Waals surface area contributed by atoms with Crippen LogP contribution in [0.3, 0.4) is 0 Å². The first kappa shape index (κ1) is 32.4. The first-order chi connectivity index (χ1) is 16.2. The van der Waals surface area contributed by atoms with Gasteiger partial charge in [-0.3, -0.25) is 4.79 Å². The molecule has 0 bridgehead atoms. The highest BCUT2D eigenvalue weighted by Crippen LogP contribution is 2.20. The molecular weight excluding hydrogens is 408 g/mol. The topological polar surface area (TPSA) is 57.5 Å². The summed E-state index contributed by atoms with van der Waals surface area (Å²) in [6, 6.07) is 0. The molecule has 0 heterocycles. The van der Waals surface area contributed by atoms with Gasteiger partial charge in [0.1, 0.15) is 0 Å². The summed E-state index contributed by atoms with van der Waals surface area (Å²) in [5, 5.41) is 18.3. The van der Waals surface area contributed by atoms with Gasteiger partial charge in [-0.2, -0.15) is 0 Å². The van der Waals surface area contributed by atoms with Crippen LogP contribution in [0.4, 0.5) is 0 Å². The normalized spacial score (nSPS) is 12.3. The molecule has 0 aliphatic carbocycles. The lowest BCUT2D eigenvalue weighted by atomic mass is 9.94. The van der Waals surface area contributed by atoms with Crippen molar-refractivity contribution in [2.75, 3.05) is 6.61 Å². The molecule has 1 unspecified atom stereocenters. The highest BCUT2D eigenvalue weighted by atomic mass is 16.4. The van der Waals surface area contributed by atoms with E-state index >= 15 is 0 Å². The Hall–Kier alpha value is -0.570. The predicted molar refractivity (Wildman–Crippen MR) is 144 cm³/mol. The lowest BCUT2D eigenvalue weighted by Crippen LogP contribution is -2.13. The summed E-state index contributed by atoms with van der Waals surface area (Å²) >= 11 is 0. The standard InChI is InChI=1S/C30H60O3/c1-2-3-4-5-6-7-8-9-10-11-12-13-14-17-20-23-26-29(30(32)33)27-24-21-18-15-16-19-22-25-28-31/h29,31H,2-28H2,1H3,(H,32,33). The predicted octanol–water partition coefficient (Wildman–Crippen LogP) is 9.84. The molecule has 3 heteroatoms. The van der Waals surface area contributed by atoms with Crippen LogP contribution in [-0.2, 0) is 4.79 Å². The van der Waals surface area contributed by atoms with Crippen molar-refractivity contribution in [3.63, 3.8) is 0 Å². The molecule has 0 fully saturated rings. The summed E-state index contributed by atoms with van der Waals surface area (Å²) in [7, 11) is 0. The summed E-state index contributed by atoms with van der Waals surface area (Å²) in [6.07, 6.45) is 32.8. The SMILES string of the molecule is CCCCCCCCCCCCCCCCCCC(CCCCCCCCCCO)C(=O)O. The van der Waals surface area contributed by atoms with Crippen molar-refractivity contribution in [3.8, 4) is 0 Å². The highest BCUT2D eigenvalue weighted by Gasteiger charge is 2.16. The van der Waals surface area contributed by atoms with Gasteiger partial charge in [0.25, 0.3) is 0 Å². The Balaban J connectivity index is 3.38. The van der Waals surface area contributed by atoms with Crippen LogP contribution < -0.4 is 0 Å². The van der Waals surface area contributed by atoms with Gasteiger partial charge in [-0.25, -0.2) is 0 Å². The molecule has 0 aromatic carbocycles. The smallest absolute Gasteiger partial charge is 0.306 e. The Morgan fingerprint density at radius 3 is 1.03 bits per heavy atom. The average Bonchev–Trinajstić information content (AvgIpc) is 2.81. The number of unbranched alkanes of at least 4 members (excludes halogenated alkanes) is 22. The molecular formula is C30H60O3. The third-order valence-electron chi connectivity index (χ3n) is 7.22. The monoisotopic (exact) mass is 468 g/mol. The van der Waals surface area contributed by atoms with Gasteiger partial charge in [-0.05, 0) is 19.3 Å². The van der Waals surface area contributed by atoms with Gasteiger partial charge in [0.05, 0.1) is 5.92 Å². The van der Waals surface area contributed by atoms with E-state index in [0.717, 1.165) is 38.5 Å². The van der Waals surface area contributed by atoms with E-state index in [2.05, 4.69) is 6.92 Å². The maximum absolute atomic E-state index is 11.5. The number of carbonyl (C=O) groups is 1. The van der Waals surface area contributed by atoms with Crippen LogP contribution in [-0.4, -0.2) is 22.8 Å². The minimum atomic E-state index is -0.583. The number of carboxylic acids is 1. The van der Waals surface area contributed by atoms with Gasteiger partial charge in [0.15, 0.2) is 0 Å². The van der Waals surface area contributed by atoms with Gasteiger partial charge in [-0.15, -0.1) is 0 Å². The molecule has 0 spiro atoms. The number of hydrogen-bond acceptors (Lipinski definition) is 2. The van der Waals surface area contributed by atoms with Crippen LogP contribution >= 0.6 is 0 Å². The van der Waals surface area contributed by atoms with Crippen molar-refractivity contribution in [2.45, 2.75) is 174 Å². The van der Waals surface area contributed by atoms with Crippen molar-refractivity contribution in [3.05, 3.63) is 0 Å². The lowest BCUT2D eigenvalue weighted by Gasteiger charge is -2.12. The average molecular weight is 469 g/mol. The van der Waals surface area contributed by atoms with Crippen molar-refractivity contribution in [1.29, 1.82) is 0 Å². The van der Waals surface area contributed by atoms with Crippen LogP contribution in [0.5, 0.6) is 0 Å². The van der Waals surface area contributed by atoms with Gasteiger partial charge in [0.2, 0.25) is 0 Å². The molecule has 2 N–H and O–H groups in total. The Morgan fingerprint density at radius 1 is 0.485 bits per heavy atom. The van der Waals surface area contributed by atoms with E-state index in [1.165, 1.54) is 128 Å². The number of aliphatic hydroxyl groups excluding tert-OH is 1. The van der Waals surface area contributed by atoms with E-state index in [4.69, 9.17) is 5.11 Å². The van der Waals surface area contributed by atoms with Gasteiger partial charge in [-0.1, -0.05) is 155 Å². The van der Waals surface area contributed by atoms with Crippen molar-refractivity contribution >= 4 is 5.97 Å². The second-order valence-corrected chi connectivity index (χ2v) is 10.5. The molecule has 0 aromatic rings. The fourth-order valence-corrected chi connectivity index (χ4v) is 4.89. The molecule has 0 saturated heterocycles. The Bertz CT molecular complexity index is 383. The van der Waals surface area contributed by atoms with E-state index in [1.807, 2.05) is 0 Å². The molecule has 3 nitrogen and oxygen atoms in total. The maximum atomic E-state index is 11.5. The minimum absolute atomic E-state index is 0.124. The van der Waals surface area contributed by atoms with E-state index in [-0.39, 0.29) is 5.92 Å². The molecule has 0 rings (SSSR count). The molecule has 1 atom stereocenters. The summed E-state index contributed by atoms with van der Waals surface area (Å²) in [5.74, 6) is -0.707. The van der Waals surface area contributed by atoms with Crippen LogP contribution in [0.25, 0.3) is 0 Å². The Morgan fingerprint density at radius 2 is 0.758 bits per heavy atom. The second-order valence-electron chi connectivity index (χ2n) is 10.5. The summed E-state index contributed by atoms with van der Waals surface area (Å²) in [6.45, 7) is 2.60. The third kappa shape index (κ3) is 25.9. The number of aliphatic carboxylic acids is 1. The highest BCUT2D eigenvalue weighted by molar-refractivity contribution is 5.69. The Labute approximate surface area is 207 Å². The summed E-state index contributed by atoms with van der Waals surface area (Å²) < 4.78 is 0.